The van der Waals surface area contributed by atoms with E-state index < -0.39 is 29.5 Å². The molecule has 0 aliphatic heterocycles. The Labute approximate surface area is 118 Å². The van der Waals surface area contributed by atoms with Gasteiger partial charge in [0, 0.05) is 11.6 Å². The second kappa shape index (κ2) is 6.55. The summed E-state index contributed by atoms with van der Waals surface area (Å²) in [4.78, 5) is 0. The summed E-state index contributed by atoms with van der Waals surface area (Å²) >= 11 is 0. The zero-order chi connectivity index (χ0) is 16.3. The molecule has 2 nitrogen and oxygen atoms in total. The summed E-state index contributed by atoms with van der Waals surface area (Å²) in [6.07, 6.45) is -5.47. The molecule has 1 aromatic carbocycles. The van der Waals surface area contributed by atoms with Crippen molar-refractivity contribution in [2.75, 3.05) is 13.7 Å². The number of hydrogen-bond acceptors (Lipinski definition) is 2. The number of rotatable bonds is 6. The van der Waals surface area contributed by atoms with Gasteiger partial charge in [0.05, 0.1) is 7.11 Å². The van der Waals surface area contributed by atoms with Crippen molar-refractivity contribution in [3.8, 4) is 5.75 Å². The Morgan fingerprint density at radius 2 is 1.81 bits per heavy atom. The summed E-state index contributed by atoms with van der Waals surface area (Å²) in [6.45, 7) is 1.49. The highest BCUT2D eigenvalue weighted by molar-refractivity contribution is 5.32. The summed E-state index contributed by atoms with van der Waals surface area (Å²) in [5.41, 5.74) is -0.758. The lowest BCUT2D eigenvalue weighted by molar-refractivity contribution is -0.294. The number of methoxy groups -OCH3 is 1. The van der Waals surface area contributed by atoms with Gasteiger partial charge in [0.15, 0.2) is 0 Å². The smallest absolute Gasteiger partial charge is 0.455 e. The minimum atomic E-state index is -5.79. The fourth-order valence-corrected chi connectivity index (χ4v) is 1.75. The lowest BCUT2D eigenvalue weighted by atomic mass is 9.99. The molecule has 0 fully saturated rings. The van der Waals surface area contributed by atoms with E-state index in [2.05, 4.69) is 5.32 Å². The van der Waals surface area contributed by atoms with Crippen LogP contribution in [0, 0.1) is 5.82 Å². The van der Waals surface area contributed by atoms with Crippen LogP contribution in [0.4, 0.5) is 26.3 Å². The van der Waals surface area contributed by atoms with Crippen LogP contribution in [0.25, 0.3) is 0 Å². The van der Waals surface area contributed by atoms with Crippen molar-refractivity contribution in [1.82, 2.24) is 5.32 Å². The van der Waals surface area contributed by atoms with Gasteiger partial charge in [-0.3, -0.25) is 0 Å². The minimum absolute atomic E-state index is 0.0285. The van der Waals surface area contributed by atoms with Crippen LogP contribution in [0.3, 0.4) is 0 Å². The molecule has 1 rings (SSSR count). The van der Waals surface area contributed by atoms with Crippen LogP contribution in [0.15, 0.2) is 18.2 Å². The van der Waals surface area contributed by atoms with Crippen molar-refractivity contribution in [1.29, 1.82) is 0 Å². The van der Waals surface area contributed by atoms with Gasteiger partial charge in [-0.2, -0.15) is 22.0 Å². The molecule has 0 saturated heterocycles. The van der Waals surface area contributed by atoms with Gasteiger partial charge in [0.2, 0.25) is 0 Å². The Hall–Kier alpha value is -1.44. The van der Waals surface area contributed by atoms with E-state index >= 15 is 0 Å². The first-order chi connectivity index (χ1) is 9.65. The maximum absolute atomic E-state index is 13.8. The topological polar surface area (TPSA) is 21.3 Å². The number of benzene rings is 1. The molecule has 1 unspecified atom stereocenters. The Kier molecular flexibility index (Phi) is 5.49. The highest BCUT2D eigenvalue weighted by atomic mass is 19.4. The zero-order valence-electron chi connectivity index (χ0n) is 11.4. The van der Waals surface area contributed by atoms with Gasteiger partial charge in [0.25, 0.3) is 0 Å². The summed E-state index contributed by atoms with van der Waals surface area (Å²) in [5, 5.41) is 2.06. The average Bonchev–Trinajstić information content (AvgIpc) is 2.39. The van der Waals surface area contributed by atoms with Crippen LogP contribution in [-0.4, -0.2) is 25.8 Å². The third-order valence-electron chi connectivity index (χ3n) is 2.86. The normalized spacial score (nSPS) is 14.1. The average molecular weight is 315 g/mol. The first-order valence-electron chi connectivity index (χ1n) is 6.16. The Morgan fingerprint density at radius 3 is 2.24 bits per heavy atom. The van der Waals surface area contributed by atoms with Crippen molar-refractivity contribution in [3.05, 3.63) is 29.6 Å². The quantitative estimate of drug-likeness (QED) is 0.799. The van der Waals surface area contributed by atoms with Crippen LogP contribution >= 0.6 is 0 Å². The summed E-state index contributed by atoms with van der Waals surface area (Å²) in [5.74, 6) is -6.26. The van der Waals surface area contributed by atoms with Crippen LogP contribution < -0.4 is 10.1 Å². The summed E-state index contributed by atoms with van der Waals surface area (Å²) in [6, 6.07) is 0.262. The van der Waals surface area contributed by atoms with Gasteiger partial charge in [0.1, 0.15) is 17.6 Å². The lowest BCUT2D eigenvalue weighted by Crippen LogP contribution is -2.48. The second-order valence-electron chi connectivity index (χ2n) is 4.40. The van der Waals surface area contributed by atoms with Gasteiger partial charge < -0.3 is 10.1 Å². The second-order valence-corrected chi connectivity index (χ2v) is 4.40. The van der Waals surface area contributed by atoms with E-state index in [1.165, 1.54) is 7.11 Å². The van der Waals surface area contributed by atoms with E-state index in [1.54, 1.807) is 6.92 Å². The van der Waals surface area contributed by atoms with Crippen molar-refractivity contribution >= 4 is 0 Å². The Balaban J connectivity index is 3.25. The van der Waals surface area contributed by atoms with Crippen LogP contribution in [0.2, 0.25) is 0 Å². The van der Waals surface area contributed by atoms with Gasteiger partial charge in [-0.1, -0.05) is 13.0 Å². The lowest BCUT2D eigenvalue weighted by Gasteiger charge is -2.30. The first-order valence-corrected chi connectivity index (χ1v) is 6.16. The number of nitrogens with one attached hydrogen (secondary N) is 1. The molecule has 21 heavy (non-hydrogen) atoms. The molecule has 8 heteroatoms. The monoisotopic (exact) mass is 315 g/mol. The molecule has 0 bridgehead atoms. The third-order valence-corrected chi connectivity index (χ3v) is 2.86. The highest BCUT2D eigenvalue weighted by Crippen LogP contribution is 2.45. The SMILES string of the molecule is CCCNC(c1ccc(OC)cc1F)C(F)(F)C(F)(F)F. The molecule has 0 aliphatic carbocycles. The molecule has 0 heterocycles. The molecule has 0 amide bonds. The van der Waals surface area contributed by atoms with Crippen LogP contribution in [0.1, 0.15) is 24.9 Å². The van der Waals surface area contributed by atoms with Gasteiger partial charge in [-0.15, -0.1) is 0 Å². The van der Waals surface area contributed by atoms with E-state index in [0.29, 0.717) is 6.42 Å². The van der Waals surface area contributed by atoms with E-state index in [9.17, 15) is 26.3 Å². The maximum Gasteiger partial charge on any atom is 0.455 e. The predicted molar refractivity (Wildman–Crippen MR) is 65.0 cm³/mol. The molecular weight excluding hydrogens is 300 g/mol. The van der Waals surface area contributed by atoms with E-state index in [1.807, 2.05) is 0 Å². The van der Waals surface area contributed by atoms with Crippen LogP contribution in [0.5, 0.6) is 5.75 Å². The number of hydrogen-bond donors (Lipinski definition) is 1. The number of alkyl halides is 5. The molecule has 120 valence electrons. The molecule has 0 spiro atoms. The minimum Gasteiger partial charge on any atom is -0.497 e. The molecule has 1 atom stereocenters. The van der Waals surface area contributed by atoms with Crippen LogP contribution in [-0.2, 0) is 0 Å². The molecule has 0 aromatic heterocycles. The fourth-order valence-electron chi connectivity index (χ4n) is 1.75. The van der Waals surface area contributed by atoms with E-state index in [0.717, 1.165) is 18.2 Å². The largest absolute Gasteiger partial charge is 0.497 e. The molecule has 0 radical (unpaired) electrons. The standard InChI is InChI=1S/C13H15F6NO/c1-3-6-20-11(12(15,16)13(17,18)19)9-5-4-8(21-2)7-10(9)14/h4-5,7,11,20H,3,6H2,1-2H3. The fraction of sp³-hybridized carbons (Fsp3) is 0.538. The van der Waals surface area contributed by atoms with Crippen molar-refractivity contribution in [2.45, 2.75) is 31.5 Å². The number of ether oxygens (including phenoxy) is 1. The predicted octanol–water partition coefficient (Wildman–Crippen LogP) is 4.07. The summed E-state index contributed by atoms with van der Waals surface area (Å²) < 4.78 is 83.3. The van der Waals surface area contributed by atoms with E-state index in [-0.39, 0.29) is 12.3 Å². The highest BCUT2D eigenvalue weighted by Gasteiger charge is 2.63. The van der Waals surface area contributed by atoms with Gasteiger partial charge in [-0.05, 0) is 19.0 Å². The van der Waals surface area contributed by atoms with Crippen molar-refractivity contribution < 1.29 is 31.1 Å². The number of halogens is 6. The summed E-state index contributed by atoms with van der Waals surface area (Å²) in [7, 11) is 1.23. The van der Waals surface area contributed by atoms with Crippen molar-refractivity contribution in [3.63, 3.8) is 0 Å². The molecular formula is C13H15F6NO. The Bertz CT molecular complexity index is 474. The van der Waals surface area contributed by atoms with Gasteiger partial charge in [-0.25, -0.2) is 4.39 Å². The maximum atomic E-state index is 13.8. The zero-order valence-corrected chi connectivity index (χ0v) is 11.4. The first kappa shape index (κ1) is 17.6. The van der Waals surface area contributed by atoms with Gasteiger partial charge >= 0.3 is 12.1 Å². The molecule has 1 N–H and O–H groups in total. The molecule has 0 aliphatic rings. The molecule has 0 saturated carbocycles. The molecule has 1 aromatic rings. The third kappa shape index (κ3) is 3.81. The Morgan fingerprint density at radius 1 is 1.19 bits per heavy atom. The van der Waals surface area contributed by atoms with Crippen molar-refractivity contribution in [2.24, 2.45) is 0 Å². The van der Waals surface area contributed by atoms with E-state index in [4.69, 9.17) is 4.74 Å².